The molecular formula is C19H14F6N4OS. The van der Waals surface area contributed by atoms with Crippen LogP contribution in [0.4, 0.5) is 37.7 Å². The van der Waals surface area contributed by atoms with E-state index in [1.807, 2.05) is 0 Å². The van der Waals surface area contributed by atoms with Gasteiger partial charge in [0.15, 0.2) is 22.6 Å². The molecule has 31 heavy (non-hydrogen) atoms. The lowest BCUT2D eigenvalue weighted by atomic mass is 10.2. The molecule has 2 aromatic carbocycles. The third kappa shape index (κ3) is 5.45. The summed E-state index contributed by atoms with van der Waals surface area (Å²) in [6.07, 6.45) is 2.57. The number of anilines is 2. The maximum absolute atomic E-state index is 13.8. The molecule has 0 atom stereocenters. The van der Waals surface area contributed by atoms with Crippen molar-refractivity contribution in [2.24, 2.45) is 0 Å². The van der Waals surface area contributed by atoms with Gasteiger partial charge >= 0.3 is 6.61 Å². The first-order chi connectivity index (χ1) is 14.6. The number of hydrogen-bond acceptors (Lipinski definition) is 3. The molecule has 0 amide bonds. The predicted octanol–water partition coefficient (Wildman–Crippen LogP) is 5.21. The van der Waals surface area contributed by atoms with Crippen molar-refractivity contribution < 1.29 is 31.1 Å². The molecule has 1 aromatic heterocycles. The Balaban J connectivity index is 1.70. The largest absolute Gasteiger partial charge is 0.433 e. The molecule has 0 aliphatic heterocycles. The first kappa shape index (κ1) is 22.4. The highest BCUT2D eigenvalue weighted by Crippen LogP contribution is 2.27. The van der Waals surface area contributed by atoms with Gasteiger partial charge in [-0.1, -0.05) is 6.07 Å². The minimum atomic E-state index is -3.03. The van der Waals surface area contributed by atoms with E-state index in [1.54, 1.807) is 19.1 Å². The summed E-state index contributed by atoms with van der Waals surface area (Å²) in [5, 5.41) is 9.29. The standard InChI is InChI=1S/C19H14F6N4OS/c1-9-2-3-15(30-18(24)25)14(4-9)28-19(31)27-10-6-26-29(7-10)8-11-12(20)5-13(21)17(23)16(11)22/h2-7,18H,8H2,1H3,(H2,27,28,31). The Labute approximate surface area is 177 Å². The summed E-state index contributed by atoms with van der Waals surface area (Å²) in [6.45, 7) is -1.80. The zero-order valence-electron chi connectivity index (χ0n) is 15.7. The number of nitrogens with one attached hydrogen (secondary N) is 2. The Morgan fingerprint density at radius 2 is 1.84 bits per heavy atom. The van der Waals surface area contributed by atoms with Gasteiger partial charge in [0.1, 0.15) is 11.6 Å². The molecule has 0 aliphatic carbocycles. The van der Waals surface area contributed by atoms with Gasteiger partial charge in [-0.15, -0.1) is 0 Å². The van der Waals surface area contributed by atoms with Crippen LogP contribution in [0.2, 0.25) is 0 Å². The van der Waals surface area contributed by atoms with E-state index in [4.69, 9.17) is 12.2 Å². The van der Waals surface area contributed by atoms with E-state index < -0.39 is 42.0 Å². The predicted molar refractivity (Wildman–Crippen MR) is 105 cm³/mol. The molecule has 0 fully saturated rings. The fraction of sp³-hybridized carbons (Fsp3) is 0.158. The maximum Gasteiger partial charge on any atom is 0.387 e. The average Bonchev–Trinajstić information content (AvgIpc) is 3.12. The second kappa shape index (κ2) is 9.25. The van der Waals surface area contributed by atoms with Crippen LogP contribution in [0.25, 0.3) is 0 Å². The highest BCUT2D eigenvalue weighted by Gasteiger charge is 2.19. The van der Waals surface area contributed by atoms with Gasteiger partial charge in [0, 0.05) is 17.8 Å². The Morgan fingerprint density at radius 1 is 1.10 bits per heavy atom. The van der Waals surface area contributed by atoms with Gasteiger partial charge in [-0.3, -0.25) is 4.68 Å². The summed E-state index contributed by atoms with van der Waals surface area (Å²) in [4.78, 5) is 0. The molecule has 3 rings (SSSR count). The minimum absolute atomic E-state index is 0.00514. The smallest absolute Gasteiger partial charge is 0.387 e. The SMILES string of the molecule is Cc1ccc(OC(F)F)c(NC(=S)Nc2cnn(Cc3c(F)cc(F)c(F)c3F)c2)c1. The second-order valence-corrected chi connectivity index (χ2v) is 6.74. The van der Waals surface area contributed by atoms with Crippen LogP contribution < -0.4 is 15.4 Å². The number of aromatic nitrogens is 2. The normalized spacial score (nSPS) is 11.0. The van der Waals surface area contributed by atoms with Gasteiger partial charge in [-0.2, -0.15) is 13.9 Å². The zero-order chi connectivity index (χ0) is 22.7. The van der Waals surface area contributed by atoms with E-state index in [1.165, 1.54) is 18.5 Å². The molecule has 0 spiro atoms. The van der Waals surface area contributed by atoms with E-state index >= 15 is 0 Å². The summed E-state index contributed by atoms with van der Waals surface area (Å²) in [5.74, 6) is -6.45. The van der Waals surface area contributed by atoms with Crippen LogP contribution in [0.3, 0.4) is 0 Å². The van der Waals surface area contributed by atoms with Gasteiger partial charge in [-0.05, 0) is 36.8 Å². The van der Waals surface area contributed by atoms with Gasteiger partial charge < -0.3 is 15.4 Å². The second-order valence-electron chi connectivity index (χ2n) is 6.33. The first-order valence-electron chi connectivity index (χ1n) is 8.62. The van der Waals surface area contributed by atoms with Crippen molar-refractivity contribution >= 4 is 28.7 Å². The molecule has 2 N–H and O–H groups in total. The fourth-order valence-corrected chi connectivity index (χ4v) is 2.88. The number of benzene rings is 2. The van der Waals surface area contributed by atoms with E-state index in [0.29, 0.717) is 0 Å². The van der Waals surface area contributed by atoms with E-state index in [0.717, 1.165) is 10.2 Å². The Bertz CT molecular complexity index is 1120. The van der Waals surface area contributed by atoms with Crippen LogP contribution in [0.15, 0.2) is 36.7 Å². The maximum atomic E-state index is 13.8. The van der Waals surface area contributed by atoms with Crippen LogP contribution >= 0.6 is 12.2 Å². The first-order valence-corrected chi connectivity index (χ1v) is 9.02. The number of alkyl halides is 2. The van der Waals surface area contributed by atoms with Crippen LogP contribution in [-0.2, 0) is 6.54 Å². The monoisotopic (exact) mass is 460 g/mol. The van der Waals surface area contributed by atoms with Crippen molar-refractivity contribution in [3.63, 3.8) is 0 Å². The Kier molecular flexibility index (Phi) is 6.68. The quantitative estimate of drug-likeness (QED) is 0.229. The molecule has 0 bridgehead atoms. The van der Waals surface area contributed by atoms with Gasteiger partial charge in [0.05, 0.1) is 24.1 Å². The average molecular weight is 460 g/mol. The Morgan fingerprint density at radius 3 is 2.55 bits per heavy atom. The number of aryl methyl sites for hydroxylation is 1. The highest BCUT2D eigenvalue weighted by atomic mass is 32.1. The number of nitrogens with zero attached hydrogens (tertiary/aromatic N) is 2. The van der Waals surface area contributed by atoms with Crippen molar-refractivity contribution in [1.82, 2.24) is 9.78 Å². The molecule has 0 aliphatic rings. The van der Waals surface area contributed by atoms with Crippen molar-refractivity contribution in [3.8, 4) is 5.75 Å². The van der Waals surface area contributed by atoms with Crippen molar-refractivity contribution in [1.29, 1.82) is 0 Å². The summed E-state index contributed by atoms with van der Waals surface area (Å²) in [7, 11) is 0. The molecular weight excluding hydrogens is 446 g/mol. The molecule has 164 valence electrons. The fourth-order valence-electron chi connectivity index (χ4n) is 2.65. The third-order valence-electron chi connectivity index (χ3n) is 4.02. The van der Waals surface area contributed by atoms with Crippen LogP contribution in [0, 0.1) is 30.2 Å². The number of thiocarbonyl (C=S) groups is 1. The molecule has 0 radical (unpaired) electrons. The summed E-state index contributed by atoms with van der Waals surface area (Å²) in [5.41, 5.74) is 0.527. The lowest BCUT2D eigenvalue weighted by molar-refractivity contribution is -0.0493. The van der Waals surface area contributed by atoms with E-state index in [2.05, 4.69) is 20.5 Å². The molecule has 12 heteroatoms. The van der Waals surface area contributed by atoms with E-state index in [-0.39, 0.29) is 28.3 Å². The summed E-state index contributed by atoms with van der Waals surface area (Å²) < 4.78 is 84.7. The molecule has 3 aromatic rings. The molecule has 5 nitrogen and oxygen atoms in total. The summed E-state index contributed by atoms with van der Waals surface area (Å²) in [6, 6.07) is 4.73. The third-order valence-corrected chi connectivity index (χ3v) is 4.22. The number of rotatable bonds is 6. The highest BCUT2D eigenvalue weighted by molar-refractivity contribution is 7.80. The Hall–Kier alpha value is -3.28. The topological polar surface area (TPSA) is 51.1 Å². The molecule has 1 heterocycles. The zero-order valence-corrected chi connectivity index (χ0v) is 16.5. The van der Waals surface area contributed by atoms with Crippen molar-refractivity contribution in [2.45, 2.75) is 20.1 Å². The lowest BCUT2D eigenvalue weighted by Crippen LogP contribution is -2.20. The molecule has 0 saturated heterocycles. The van der Waals surface area contributed by atoms with Gasteiger partial charge in [0.2, 0.25) is 0 Å². The molecule has 0 saturated carbocycles. The number of ether oxygens (including phenoxy) is 1. The number of halogens is 6. The van der Waals surface area contributed by atoms with Gasteiger partial charge in [0.25, 0.3) is 0 Å². The van der Waals surface area contributed by atoms with Crippen LogP contribution in [0.1, 0.15) is 11.1 Å². The number of hydrogen-bond donors (Lipinski definition) is 2. The van der Waals surface area contributed by atoms with Crippen molar-refractivity contribution in [2.75, 3.05) is 10.6 Å². The van der Waals surface area contributed by atoms with Crippen LogP contribution in [-0.4, -0.2) is 21.5 Å². The molecule has 0 unspecified atom stereocenters. The van der Waals surface area contributed by atoms with Crippen molar-refractivity contribution in [3.05, 3.63) is 71.1 Å². The van der Waals surface area contributed by atoms with E-state index in [9.17, 15) is 26.3 Å². The lowest BCUT2D eigenvalue weighted by Gasteiger charge is -2.14. The minimum Gasteiger partial charge on any atom is -0.433 e. The summed E-state index contributed by atoms with van der Waals surface area (Å²) >= 11 is 5.13. The van der Waals surface area contributed by atoms with Crippen LogP contribution in [0.5, 0.6) is 5.75 Å². The van der Waals surface area contributed by atoms with Gasteiger partial charge in [-0.25, -0.2) is 17.6 Å².